The highest BCUT2D eigenvalue weighted by molar-refractivity contribution is 6.07. The average molecular weight is 419 g/mol. The summed E-state index contributed by atoms with van der Waals surface area (Å²) in [6.07, 6.45) is 2.60. The lowest BCUT2D eigenvalue weighted by molar-refractivity contribution is -0.138. The molecule has 0 radical (unpaired) electrons. The fourth-order valence-electron chi connectivity index (χ4n) is 3.86. The maximum absolute atomic E-state index is 12.9. The lowest BCUT2D eigenvalue weighted by Crippen LogP contribution is -2.49. The number of imide groups is 1. The molecule has 31 heavy (non-hydrogen) atoms. The zero-order chi connectivity index (χ0) is 22.2. The largest absolute Gasteiger partial charge is 0.464 e. The van der Waals surface area contributed by atoms with Crippen molar-refractivity contribution in [2.75, 3.05) is 0 Å². The van der Waals surface area contributed by atoms with Crippen LogP contribution in [0.2, 0.25) is 0 Å². The summed E-state index contributed by atoms with van der Waals surface area (Å²) in [4.78, 5) is 37.9. The number of urea groups is 1. The van der Waals surface area contributed by atoms with Crippen molar-refractivity contribution in [2.24, 2.45) is 0 Å². The van der Waals surface area contributed by atoms with Gasteiger partial charge < -0.3 is 9.73 Å². The molecule has 4 amide bonds. The van der Waals surface area contributed by atoms with Crippen molar-refractivity contribution in [3.05, 3.63) is 71.0 Å². The van der Waals surface area contributed by atoms with Gasteiger partial charge in [0.1, 0.15) is 11.1 Å². The molecule has 0 aliphatic carbocycles. The van der Waals surface area contributed by atoms with E-state index in [-0.39, 0.29) is 6.42 Å². The highest BCUT2D eigenvalue weighted by Crippen LogP contribution is 2.27. The fraction of sp³-hybridized carbons (Fsp3) is 0.292. The third-order valence-electron chi connectivity index (χ3n) is 5.95. The Morgan fingerprint density at radius 3 is 2.61 bits per heavy atom. The van der Waals surface area contributed by atoms with Gasteiger partial charge in [-0.05, 0) is 50.3 Å². The van der Waals surface area contributed by atoms with E-state index in [0.717, 1.165) is 32.7 Å². The van der Waals surface area contributed by atoms with E-state index in [1.807, 2.05) is 56.3 Å². The Balaban J connectivity index is 1.43. The third kappa shape index (κ3) is 3.91. The van der Waals surface area contributed by atoms with Crippen LogP contribution in [0.25, 0.3) is 11.0 Å². The summed E-state index contributed by atoms with van der Waals surface area (Å²) in [5.41, 5.74) is 6.02. The molecule has 1 aliphatic heterocycles. The molecule has 2 heterocycles. The molecule has 2 N–H and O–H groups in total. The second-order valence-corrected chi connectivity index (χ2v) is 8.25. The number of nitrogens with one attached hydrogen (secondary N) is 2. The van der Waals surface area contributed by atoms with Crippen molar-refractivity contribution in [1.29, 1.82) is 0 Å². The first-order chi connectivity index (χ1) is 14.8. The number of nitrogens with zero attached hydrogens (tertiary/aromatic N) is 1. The first-order valence-corrected chi connectivity index (χ1v) is 10.2. The van der Waals surface area contributed by atoms with Gasteiger partial charge in [0.15, 0.2) is 0 Å². The predicted octanol–water partition coefficient (Wildman–Crippen LogP) is 3.57. The van der Waals surface area contributed by atoms with E-state index < -0.39 is 23.4 Å². The van der Waals surface area contributed by atoms with Crippen molar-refractivity contribution in [3.63, 3.8) is 0 Å². The summed E-state index contributed by atoms with van der Waals surface area (Å²) in [5, 5.41) is 4.34. The minimum absolute atomic E-state index is 0.00666. The quantitative estimate of drug-likeness (QED) is 0.598. The molecular weight excluding hydrogens is 394 g/mol. The Labute approximate surface area is 180 Å². The van der Waals surface area contributed by atoms with Gasteiger partial charge in [0.25, 0.3) is 5.91 Å². The number of rotatable bonds is 6. The number of carbonyl (C=O) groups excluding carboxylic acids is 3. The van der Waals surface area contributed by atoms with Crippen LogP contribution in [0.4, 0.5) is 4.79 Å². The van der Waals surface area contributed by atoms with Crippen LogP contribution in [0.1, 0.15) is 35.6 Å². The molecular formula is C24H25N3O4. The van der Waals surface area contributed by atoms with Crippen molar-refractivity contribution in [3.8, 4) is 0 Å². The minimum atomic E-state index is -1.07. The number of aryl methyl sites for hydroxylation is 3. The Bertz CT molecular complexity index is 1170. The van der Waals surface area contributed by atoms with Crippen LogP contribution in [0, 0.1) is 13.8 Å². The maximum atomic E-state index is 12.9. The number of hydrazine groups is 1. The number of hydrogen-bond donors (Lipinski definition) is 2. The van der Waals surface area contributed by atoms with Gasteiger partial charge in [-0.25, -0.2) is 4.79 Å². The van der Waals surface area contributed by atoms with E-state index in [9.17, 15) is 14.4 Å². The number of fused-ring (bicyclic) bond motifs is 1. The highest BCUT2D eigenvalue weighted by atomic mass is 16.3. The molecule has 4 rings (SSSR count). The fourth-order valence-corrected chi connectivity index (χ4v) is 3.86. The van der Waals surface area contributed by atoms with Crippen LogP contribution < -0.4 is 10.7 Å². The molecule has 0 unspecified atom stereocenters. The van der Waals surface area contributed by atoms with Gasteiger partial charge in [0.05, 0.1) is 12.7 Å². The van der Waals surface area contributed by atoms with Crippen molar-refractivity contribution < 1.29 is 18.8 Å². The Morgan fingerprint density at radius 1 is 1.13 bits per heavy atom. The zero-order valence-corrected chi connectivity index (χ0v) is 17.8. The lowest BCUT2D eigenvalue weighted by Gasteiger charge is -2.21. The molecule has 1 aromatic heterocycles. The maximum Gasteiger partial charge on any atom is 0.344 e. The summed E-state index contributed by atoms with van der Waals surface area (Å²) < 4.78 is 5.64. The van der Waals surface area contributed by atoms with Crippen LogP contribution in [0.15, 0.2) is 53.1 Å². The number of amides is 4. The number of furan rings is 1. The number of benzene rings is 2. The molecule has 1 fully saturated rings. The summed E-state index contributed by atoms with van der Waals surface area (Å²) >= 11 is 0. The predicted molar refractivity (Wildman–Crippen MR) is 116 cm³/mol. The number of hydrogen-bond acceptors (Lipinski definition) is 4. The van der Waals surface area contributed by atoms with Crippen molar-refractivity contribution in [1.82, 2.24) is 15.8 Å². The molecule has 3 aromatic rings. The van der Waals surface area contributed by atoms with Crippen LogP contribution >= 0.6 is 0 Å². The van der Waals surface area contributed by atoms with E-state index in [1.54, 1.807) is 13.2 Å². The molecule has 1 aliphatic rings. The van der Waals surface area contributed by atoms with E-state index in [2.05, 4.69) is 10.7 Å². The van der Waals surface area contributed by atoms with Crippen LogP contribution in [0.3, 0.4) is 0 Å². The van der Waals surface area contributed by atoms with Crippen LogP contribution in [-0.4, -0.2) is 28.4 Å². The number of carbonyl (C=O) groups is 3. The van der Waals surface area contributed by atoms with E-state index in [1.165, 1.54) is 0 Å². The average Bonchev–Trinajstić information content (AvgIpc) is 3.24. The molecule has 0 saturated carbocycles. The van der Waals surface area contributed by atoms with Gasteiger partial charge in [0.2, 0.25) is 5.91 Å². The van der Waals surface area contributed by atoms with Gasteiger partial charge in [-0.15, -0.1) is 0 Å². The first kappa shape index (κ1) is 20.7. The summed E-state index contributed by atoms with van der Waals surface area (Å²) in [5.74, 6) is -0.929. The molecule has 160 valence electrons. The van der Waals surface area contributed by atoms with Gasteiger partial charge in [0, 0.05) is 10.9 Å². The van der Waals surface area contributed by atoms with Gasteiger partial charge in [-0.2, -0.15) is 5.01 Å². The summed E-state index contributed by atoms with van der Waals surface area (Å²) in [6, 6.07) is 13.0. The smallest absolute Gasteiger partial charge is 0.344 e. The van der Waals surface area contributed by atoms with Gasteiger partial charge in [-0.3, -0.25) is 15.0 Å². The molecule has 0 bridgehead atoms. The SMILES string of the molecule is Cc1ccc2c(CC(=O)NN3C(=O)N[C@](C)(CCc4ccccc4)C3=O)coc2c1C. The Morgan fingerprint density at radius 2 is 1.87 bits per heavy atom. The van der Waals surface area contributed by atoms with Crippen LogP contribution in [-0.2, 0) is 22.4 Å². The van der Waals surface area contributed by atoms with E-state index >= 15 is 0 Å². The van der Waals surface area contributed by atoms with Gasteiger partial charge in [-0.1, -0.05) is 42.5 Å². The molecule has 0 spiro atoms. The minimum Gasteiger partial charge on any atom is -0.464 e. The third-order valence-corrected chi connectivity index (χ3v) is 5.95. The normalized spacial score (nSPS) is 18.5. The molecule has 1 atom stereocenters. The Hall–Kier alpha value is -3.61. The van der Waals surface area contributed by atoms with Crippen molar-refractivity contribution in [2.45, 2.75) is 45.6 Å². The van der Waals surface area contributed by atoms with Crippen LogP contribution in [0.5, 0.6) is 0 Å². The highest BCUT2D eigenvalue weighted by Gasteiger charge is 2.48. The first-order valence-electron chi connectivity index (χ1n) is 10.2. The van der Waals surface area contributed by atoms with E-state index in [4.69, 9.17) is 4.42 Å². The monoisotopic (exact) mass is 419 g/mol. The molecule has 7 nitrogen and oxygen atoms in total. The summed E-state index contributed by atoms with van der Waals surface area (Å²) in [7, 11) is 0. The van der Waals surface area contributed by atoms with Gasteiger partial charge >= 0.3 is 6.03 Å². The Kier molecular flexibility index (Phi) is 5.27. The molecule has 1 saturated heterocycles. The summed E-state index contributed by atoms with van der Waals surface area (Å²) in [6.45, 7) is 5.64. The second-order valence-electron chi connectivity index (χ2n) is 8.25. The lowest BCUT2D eigenvalue weighted by atomic mass is 9.93. The standard InChI is InChI=1S/C24H25N3O4/c1-15-9-10-19-18(14-31-21(19)16(15)2)13-20(28)26-27-22(29)24(3,25-23(27)30)12-11-17-7-5-4-6-8-17/h4-10,14H,11-13H2,1-3H3,(H,25,30)(H,26,28)/t24-/m1/s1. The second kappa shape index (κ2) is 7.91. The van der Waals surface area contributed by atoms with E-state index in [0.29, 0.717) is 18.4 Å². The van der Waals surface area contributed by atoms with Crippen molar-refractivity contribution >= 4 is 28.8 Å². The topological polar surface area (TPSA) is 91.7 Å². The zero-order valence-electron chi connectivity index (χ0n) is 17.8. The molecule has 2 aromatic carbocycles. The molecule has 7 heteroatoms.